The molecule has 5 nitrogen and oxygen atoms in total. The van der Waals surface area contributed by atoms with Crippen LogP contribution in [0.5, 0.6) is 11.5 Å². The third kappa shape index (κ3) is 6.10. The summed E-state index contributed by atoms with van der Waals surface area (Å²) in [5.41, 5.74) is 0. The van der Waals surface area contributed by atoms with E-state index in [1.165, 1.54) is 0 Å². The Morgan fingerprint density at radius 3 is 2.37 bits per heavy atom. The minimum atomic E-state index is -0.199. The van der Waals surface area contributed by atoms with Crippen molar-refractivity contribution in [2.45, 2.75) is 26.3 Å². The Bertz CT molecular complexity index is 378. The predicted molar refractivity (Wildman–Crippen MR) is 72.4 cm³/mol. The molecule has 1 unspecified atom stereocenters. The van der Waals surface area contributed by atoms with Crippen LogP contribution in [0.4, 0.5) is 0 Å². The fraction of sp³-hybridized carbons (Fsp3) is 0.500. The summed E-state index contributed by atoms with van der Waals surface area (Å²) in [6, 6.07) is 7.06. The molecule has 0 fully saturated rings. The van der Waals surface area contributed by atoms with Crippen LogP contribution in [0.2, 0.25) is 0 Å². The Balaban J connectivity index is 2.33. The molecule has 0 bridgehead atoms. The van der Waals surface area contributed by atoms with Gasteiger partial charge in [-0.1, -0.05) is 0 Å². The minimum Gasteiger partial charge on any atom is -0.494 e. The maximum atomic E-state index is 11.5. The van der Waals surface area contributed by atoms with Crippen molar-refractivity contribution in [2.24, 2.45) is 0 Å². The number of carbonyl (C=O) groups excluding carboxylic acids is 1. The number of amides is 1. The molecule has 1 atom stereocenters. The SMILES string of the molecule is CCOc1ccc(OCC(=O)NC(C)CCO)cc1. The Morgan fingerprint density at radius 1 is 1.26 bits per heavy atom. The van der Waals surface area contributed by atoms with Crippen molar-refractivity contribution in [2.75, 3.05) is 19.8 Å². The summed E-state index contributed by atoms with van der Waals surface area (Å²) in [7, 11) is 0. The highest BCUT2D eigenvalue weighted by atomic mass is 16.5. The van der Waals surface area contributed by atoms with Gasteiger partial charge in [-0.05, 0) is 44.5 Å². The summed E-state index contributed by atoms with van der Waals surface area (Å²) in [6.07, 6.45) is 0.537. The zero-order chi connectivity index (χ0) is 14.1. The Labute approximate surface area is 113 Å². The van der Waals surface area contributed by atoms with Gasteiger partial charge in [0.25, 0.3) is 5.91 Å². The number of hydrogen-bond donors (Lipinski definition) is 2. The van der Waals surface area contributed by atoms with Gasteiger partial charge in [0.1, 0.15) is 11.5 Å². The monoisotopic (exact) mass is 267 g/mol. The largest absolute Gasteiger partial charge is 0.494 e. The van der Waals surface area contributed by atoms with Crippen LogP contribution >= 0.6 is 0 Å². The standard InChI is InChI=1S/C14H21NO4/c1-3-18-12-4-6-13(7-5-12)19-10-14(17)15-11(2)8-9-16/h4-7,11,16H,3,8-10H2,1-2H3,(H,15,17). The predicted octanol–water partition coefficient (Wildman–Crippen LogP) is 1.35. The highest BCUT2D eigenvalue weighted by Crippen LogP contribution is 2.17. The molecule has 0 aliphatic carbocycles. The lowest BCUT2D eigenvalue weighted by atomic mass is 10.2. The number of nitrogens with one attached hydrogen (secondary N) is 1. The van der Waals surface area contributed by atoms with Crippen LogP contribution < -0.4 is 14.8 Å². The molecule has 0 heterocycles. The van der Waals surface area contributed by atoms with Crippen molar-refractivity contribution in [1.29, 1.82) is 0 Å². The fourth-order valence-corrected chi connectivity index (χ4v) is 1.53. The Morgan fingerprint density at radius 2 is 1.84 bits per heavy atom. The zero-order valence-electron chi connectivity index (χ0n) is 11.4. The molecule has 0 saturated heterocycles. The summed E-state index contributed by atoms with van der Waals surface area (Å²) in [5.74, 6) is 1.19. The minimum absolute atomic E-state index is 0.0379. The molecule has 1 aromatic carbocycles. The number of hydrogen-bond acceptors (Lipinski definition) is 4. The van der Waals surface area contributed by atoms with Gasteiger partial charge in [-0.2, -0.15) is 0 Å². The van der Waals surface area contributed by atoms with Crippen LogP contribution in [0.25, 0.3) is 0 Å². The Kier molecular flexibility index (Phi) is 6.74. The maximum absolute atomic E-state index is 11.5. The molecule has 0 spiro atoms. The lowest BCUT2D eigenvalue weighted by Crippen LogP contribution is -2.36. The van der Waals surface area contributed by atoms with Gasteiger partial charge in [0.2, 0.25) is 0 Å². The number of carbonyl (C=O) groups is 1. The first-order valence-electron chi connectivity index (χ1n) is 6.41. The fourth-order valence-electron chi connectivity index (χ4n) is 1.53. The van der Waals surface area contributed by atoms with E-state index in [1.807, 2.05) is 13.8 Å². The molecule has 0 radical (unpaired) electrons. The van der Waals surface area contributed by atoms with Crippen molar-refractivity contribution in [1.82, 2.24) is 5.32 Å². The van der Waals surface area contributed by atoms with E-state index in [2.05, 4.69) is 5.32 Å². The lowest BCUT2D eigenvalue weighted by Gasteiger charge is -2.13. The number of aliphatic hydroxyl groups is 1. The van der Waals surface area contributed by atoms with Crippen LogP contribution in [0.1, 0.15) is 20.3 Å². The van der Waals surface area contributed by atoms with E-state index in [9.17, 15) is 4.79 Å². The molecule has 0 aliphatic heterocycles. The first kappa shape index (κ1) is 15.3. The molecule has 5 heteroatoms. The summed E-state index contributed by atoms with van der Waals surface area (Å²) < 4.78 is 10.7. The first-order valence-corrected chi connectivity index (χ1v) is 6.41. The maximum Gasteiger partial charge on any atom is 0.258 e. The molecule has 2 N–H and O–H groups in total. The molecular weight excluding hydrogens is 246 g/mol. The van der Waals surface area contributed by atoms with Gasteiger partial charge in [-0.25, -0.2) is 0 Å². The topological polar surface area (TPSA) is 67.8 Å². The molecule has 106 valence electrons. The smallest absolute Gasteiger partial charge is 0.258 e. The highest BCUT2D eigenvalue weighted by molar-refractivity contribution is 5.77. The molecule has 0 aliphatic rings. The first-order chi connectivity index (χ1) is 9.15. The number of ether oxygens (including phenoxy) is 2. The van der Waals surface area contributed by atoms with Gasteiger partial charge < -0.3 is 19.9 Å². The second-order valence-electron chi connectivity index (χ2n) is 4.17. The van der Waals surface area contributed by atoms with E-state index in [1.54, 1.807) is 24.3 Å². The third-order valence-corrected chi connectivity index (χ3v) is 2.47. The van der Waals surface area contributed by atoms with Gasteiger partial charge in [0.15, 0.2) is 6.61 Å². The third-order valence-electron chi connectivity index (χ3n) is 2.47. The zero-order valence-corrected chi connectivity index (χ0v) is 11.4. The van der Waals surface area contributed by atoms with Crippen molar-refractivity contribution in [3.8, 4) is 11.5 Å². The molecule has 1 aromatic rings. The van der Waals surface area contributed by atoms with Crippen LogP contribution in [0, 0.1) is 0 Å². The second-order valence-corrected chi connectivity index (χ2v) is 4.17. The molecule has 1 rings (SSSR count). The average Bonchev–Trinajstić information content (AvgIpc) is 2.38. The van der Waals surface area contributed by atoms with Crippen LogP contribution in [-0.4, -0.2) is 36.9 Å². The lowest BCUT2D eigenvalue weighted by molar-refractivity contribution is -0.123. The van der Waals surface area contributed by atoms with E-state index in [0.717, 1.165) is 5.75 Å². The van der Waals surface area contributed by atoms with Crippen molar-refractivity contribution < 1.29 is 19.4 Å². The summed E-state index contributed by atoms with van der Waals surface area (Å²) >= 11 is 0. The van der Waals surface area contributed by atoms with Gasteiger partial charge in [-0.3, -0.25) is 4.79 Å². The molecular formula is C14H21NO4. The quantitative estimate of drug-likeness (QED) is 0.746. The van der Waals surface area contributed by atoms with E-state index < -0.39 is 0 Å². The molecule has 0 aromatic heterocycles. The number of aliphatic hydroxyl groups excluding tert-OH is 1. The Hall–Kier alpha value is -1.75. The van der Waals surface area contributed by atoms with Crippen molar-refractivity contribution in [3.05, 3.63) is 24.3 Å². The molecule has 0 saturated carbocycles. The van der Waals surface area contributed by atoms with E-state index in [4.69, 9.17) is 14.6 Å². The van der Waals surface area contributed by atoms with Gasteiger partial charge in [-0.15, -0.1) is 0 Å². The second kappa shape index (κ2) is 8.37. The van der Waals surface area contributed by atoms with Crippen LogP contribution in [0.15, 0.2) is 24.3 Å². The van der Waals surface area contributed by atoms with E-state index >= 15 is 0 Å². The highest BCUT2D eigenvalue weighted by Gasteiger charge is 2.07. The van der Waals surface area contributed by atoms with E-state index in [-0.39, 0.29) is 25.2 Å². The van der Waals surface area contributed by atoms with Gasteiger partial charge in [0.05, 0.1) is 6.61 Å². The summed E-state index contributed by atoms with van der Waals surface area (Å²) in [4.78, 5) is 11.5. The van der Waals surface area contributed by atoms with E-state index in [0.29, 0.717) is 18.8 Å². The average molecular weight is 267 g/mol. The number of rotatable bonds is 8. The van der Waals surface area contributed by atoms with Crippen LogP contribution in [-0.2, 0) is 4.79 Å². The van der Waals surface area contributed by atoms with Crippen LogP contribution in [0.3, 0.4) is 0 Å². The molecule has 19 heavy (non-hydrogen) atoms. The van der Waals surface area contributed by atoms with Gasteiger partial charge >= 0.3 is 0 Å². The van der Waals surface area contributed by atoms with Crippen molar-refractivity contribution >= 4 is 5.91 Å². The normalized spacial score (nSPS) is 11.7. The summed E-state index contributed by atoms with van der Waals surface area (Å²) in [6.45, 7) is 4.39. The number of benzene rings is 1. The summed E-state index contributed by atoms with van der Waals surface area (Å²) in [5, 5.41) is 11.5. The molecule has 1 amide bonds. The van der Waals surface area contributed by atoms with Gasteiger partial charge in [0, 0.05) is 12.6 Å². The van der Waals surface area contributed by atoms with Crippen molar-refractivity contribution in [3.63, 3.8) is 0 Å².